The second-order valence-electron chi connectivity index (χ2n) is 6.30. The third kappa shape index (κ3) is 3.79. The number of pyridine rings is 1. The highest BCUT2D eigenvalue weighted by Gasteiger charge is 2.31. The molecule has 27 heavy (non-hydrogen) atoms. The molecule has 3 rings (SSSR count). The molecular weight excluding hydrogens is 355 g/mol. The van der Waals surface area contributed by atoms with Crippen LogP contribution in [0.1, 0.15) is 34.1 Å². The van der Waals surface area contributed by atoms with E-state index in [0.717, 1.165) is 28.8 Å². The van der Waals surface area contributed by atoms with E-state index in [1.807, 2.05) is 32.0 Å². The number of rotatable bonds is 3. The Labute approximate surface area is 154 Å². The molecule has 0 bridgehead atoms. The number of halogens is 3. The van der Waals surface area contributed by atoms with Crippen molar-refractivity contribution < 1.29 is 22.7 Å². The van der Waals surface area contributed by atoms with Crippen LogP contribution in [0.3, 0.4) is 0 Å². The molecule has 0 saturated heterocycles. The van der Waals surface area contributed by atoms with E-state index in [-0.39, 0.29) is 17.8 Å². The van der Waals surface area contributed by atoms with Crippen LogP contribution < -0.4 is 0 Å². The third-order valence-electron chi connectivity index (χ3n) is 4.44. The van der Waals surface area contributed by atoms with Gasteiger partial charge in [-0.15, -0.1) is 0 Å². The number of aromatic nitrogens is 1. The van der Waals surface area contributed by atoms with Crippen molar-refractivity contribution in [3.8, 4) is 11.1 Å². The van der Waals surface area contributed by atoms with Crippen LogP contribution in [0.15, 0.2) is 42.5 Å². The molecule has 0 atom stereocenters. The van der Waals surface area contributed by atoms with Crippen LogP contribution >= 0.6 is 0 Å². The van der Waals surface area contributed by atoms with Crippen molar-refractivity contribution in [2.45, 2.75) is 26.9 Å². The van der Waals surface area contributed by atoms with Gasteiger partial charge < -0.3 is 4.74 Å². The fourth-order valence-corrected chi connectivity index (χ4v) is 2.86. The molecule has 3 aromatic rings. The monoisotopic (exact) mass is 373 g/mol. The lowest BCUT2D eigenvalue weighted by Gasteiger charge is -2.13. The maximum Gasteiger partial charge on any atom is 0.416 e. The summed E-state index contributed by atoms with van der Waals surface area (Å²) in [6.07, 6.45) is -4.49. The number of carbonyl (C=O) groups is 1. The molecule has 0 fully saturated rings. The van der Waals surface area contributed by atoms with E-state index >= 15 is 0 Å². The molecule has 0 aliphatic heterocycles. The summed E-state index contributed by atoms with van der Waals surface area (Å²) in [6.45, 7) is 5.74. The molecule has 0 amide bonds. The molecule has 3 nitrogen and oxygen atoms in total. The van der Waals surface area contributed by atoms with Crippen molar-refractivity contribution in [2.24, 2.45) is 0 Å². The first-order valence-corrected chi connectivity index (χ1v) is 8.47. The first-order chi connectivity index (χ1) is 12.7. The molecular formula is C21H18F3NO2. The Morgan fingerprint density at radius 3 is 2.41 bits per heavy atom. The lowest BCUT2D eigenvalue weighted by Crippen LogP contribution is -2.09. The van der Waals surface area contributed by atoms with Gasteiger partial charge in [-0.05, 0) is 61.2 Å². The fourth-order valence-electron chi connectivity index (χ4n) is 2.86. The molecule has 6 heteroatoms. The maximum absolute atomic E-state index is 13.1. The molecule has 1 heterocycles. The van der Waals surface area contributed by atoms with Crippen molar-refractivity contribution in [3.63, 3.8) is 0 Å². The second kappa shape index (κ2) is 7.02. The van der Waals surface area contributed by atoms with Crippen molar-refractivity contribution in [1.82, 2.24) is 4.98 Å². The summed E-state index contributed by atoms with van der Waals surface area (Å²) in [5, 5.41) is 0.541. The Kier molecular flexibility index (Phi) is 4.91. The van der Waals surface area contributed by atoms with Gasteiger partial charge in [0.25, 0.3) is 0 Å². The minimum atomic E-state index is -4.49. The predicted molar refractivity (Wildman–Crippen MR) is 97.6 cm³/mol. The number of carbonyl (C=O) groups excluding carboxylic acids is 1. The smallest absolute Gasteiger partial charge is 0.416 e. The normalized spacial score (nSPS) is 11.6. The van der Waals surface area contributed by atoms with Gasteiger partial charge in [0, 0.05) is 5.39 Å². The van der Waals surface area contributed by atoms with Crippen LogP contribution in [0, 0.1) is 13.8 Å². The van der Waals surface area contributed by atoms with E-state index in [0.29, 0.717) is 10.9 Å². The van der Waals surface area contributed by atoms with Crippen molar-refractivity contribution >= 4 is 16.9 Å². The average molecular weight is 373 g/mol. The summed E-state index contributed by atoms with van der Waals surface area (Å²) < 4.78 is 44.3. The summed E-state index contributed by atoms with van der Waals surface area (Å²) in [5.41, 5.74) is 2.86. The highest BCUT2D eigenvalue weighted by Crippen LogP contribution is 2.35. The number of aryl methyl sites for hydroxylation is 2. The minimum absolute atomic E-state index is 0.0168. The predicted octanol–water partition coefficient (Wildman–Crippen LogP) is 5.71. The van der Waals surface area contributed by atoms with E-state index < -0.39 is 17.7 Å². The van der Waals surface area contributed by atoms with Gasteiger partial charge in [-0.25, -0.2) is 9.78 Å². The molecule has 0 aliphatic carbocycles. The van der Waals surface area contributed by atoms with Crippen LogP contribution in [-0.2, 0) is 10.9 Å². The van der Waals surface area contributed by atoms with Gasteiger partial charge in [-0.3, -0.25) is 0 Å². The number of hydrogen-bond donors (Lipinski definition) is 0. The standard InChI is InChI=1S/C21H18F3NO2/c1-4-27-20(26)19-11-17(14-6-5-12(2)13(3)9-14)16-8-7-15(21(22,23)24)10-18(16)25-19/h5-11H,4H2,1-3H3. The number of alkyl halides is 3. The Morgan fingerprint density at radius 1 is 1.04 bits per heavy atom. The van der Waals surface area contributed by atoms with Gasteiger partial charge in [0.05, 0.1) is 17.7 Å². The summed E-state index contributed by atoms with van der Waals surface area (Å²) in [7, 11) is 0. The Hall–Kier alpha value is -2.89. The highest BCUT2D eigenvalue weighted by atomic mass is 19.4. The molecule has 0 N–H and O–H groups in total. The largest absolute Gasteiger partial charge is 0.461 e. The van der Waals surface area contributed by atoms with Crippen LogP contribution in [0.25, 0.3) is 22.0 Å². The van der Waals surface area contributed by atoms with Gasteiger partial charge >= 0.3 is 12.1 Å². The molecule has 0 unspecified atom stereocenters. The highest BCUT2D eigenvalue weighted by molar-refractivity contribution is 6.00. The molecule has 140 valence electrons. The topological polar surface area (TPSA) is 39.2 Å². The zero-order chi connectivity index (χ0) is 19.8. The van der Waals surface area contributed by atoms with Crippen molar-refractivity contribution in [2.75, 3.05) is 6.61 Å². The molecule has 0 spiro atoms. The first-order valence-electron chi connectivity index (χ1n) is 8.47. The second-order valence-corrected chi connectivity index (χ2v) is 6.30. The van der Waals surface area contributed by atoms with Gasteiger partial charge in [0.2, 0.25) is 0 Å². The summed E-state index contributed by atoms with van der Waals surface area (Å²) in [5.74, 6) is -0.665. The van der Waals surface area contributed by atoms with Crippen LogP contribution in [0.4, 0.5) is 13.2 Å². The number of nitrogens with zero attached hydrogens (tertiary/aromatic N) is 1. The third-order valence-corrected chi connectivity index (χ3v) is 4.44. The zero-order valence-corrected chi connectivity index (χ0v) is 15.1. The Morgan fingerprint density at radius 2 is 1.78 bits per heavy atom. The van der Waals surface area contributed by atoms with E-state index in [1.54, 1.807) is 13.0 Å². The molecule has 0 radical (unpaired) electrons. The summed E-state index contributed by atoms with van der Waals surface area (Å²) in [4.78, 5) is 16.3. The Balaban J connectivity index is 2.29. The Bertz CT molecular complexity index is 1030. The van der Waals surface area contributed by atoms with Crippen LogP contribution in [0.2, 0.25) is 0 Å². The number of hydrogen-bond acceptors (Lipinski definition) is 3. The van der Waals surface area contributed by atoms with E-state index in [2.05, 4.69) is 4.98 Å². The van der Waals surface area contributed by atoms with Crippen molar-refractivity contribution in [3.05, 3.63) is 64.8 Å². The number of fused-ring (bicyclic) bond motifs is 1. The molecule has 1 aromatic heterocycles. The van der Waals surface area contributed by atoms with Crippen LogP contribution in [-0.4, -0.2) is 17.6 Å². The maximum atomic E-state index is 13.1. The summed E-state index contributed by atoms with van der Waals surface area (Å²) >= 11 is 0. The number of benzene rings is 2. The van der Waals surface area contributed by atoms with Gasteiger partial charge in [-0.1, -0.05) is 24.3 Å². The number of esters is 1. The quantitative estimate of drug-likeness (QED) is 0.552. The molecule has 0 saturated carbocycles. The zero-order valence-electron chi connectivity index (χ0n) is 15.1. The molecule has 2 aromatic carbocycles. The van der Waals surface area contributed by atoms with E-state index in [1.165, 1.54) is 6.07 Å². The SMILES string of the molecule is CCOC(=O)c1cc(-c2ccc(C)c(C)c2)c2ccc(C(F)(F)F)cc2n1. The van der Waals surface area contributed by atoms with Gasteiger partial charge in [-0.2, -0.15) is 13.2 Å². The van der Waals surface area contributed by atoms with Crippen LogP contribution in [0.5, 0.6) is 0 Å². The fraction of sp³-hybridized carbons (Fsp3) is 0.238. The van der Waals surface area contributed by atoms with Gasteiger partial charge in [0.1, 0.15) is 5.69 Å². The first kappa shape index (κ1) is 18.9. The summed E-state index contributed by atoms with van der Waals surface area (Å²) in [6, 6.07) is 10.7. The number of ether oxygens (including phenoxy) is 1. The average Bonchev–Trinajstić information content (AvgIpc) is 2.62. The molecule has 0 aliphatic rings. The lowest BCUT2D eigenvalue weighted by molar-refractivity contribution is -0.137. The lowest BCUT2D eigenvalue weighted by atomic mass is 9.96. The van der Waals surface area contributed by atoms with E-state index in [4.69, 9.17) is 4.74 Å². The minimum Gasteiger partial charge on any atom is -0.461 e. The van der Waals surface area contributed by atoms with Crippen molar-refractivity contribution in [1.29, 1.82) is 0 Å². The van der Waals surface area contributed by atoms with E-state index in [9.17, 15) is 18.0 Å². The van der Waals surface area contributed by atoms with Gasteiger partial charge in [0.15, 0.2) is 0 Å².